The molecule has 3 N–H and O–H groups in total. The summed E-state index contributed by atoms with van der Waals surface area (Å²) in [5.41, 5.74) is 2.93. The number of benzene rings is 1. The van der Waals surface area contributed by atoms with Gasteiger partial charge in [0.05, 0.1) is 13.2 Å². The molecule has 5 nitrogen and oxygen atoms in total. The molecule has 2 aliphatic rings. The van der Waals surface area contributed by atoms with Gasteiger partial charge in [0.1, 0.15) is 0 Å². The van der Waals surface area contributed by atoms with Gasteiger partial charge < -0.3 is 20.5 Å². The average Bonchev–Trinajstić information content (AvgIpc) is 3.02. The predicted octanol–water partition coefficient (Wildman–Crippen LogP) is 2.29. The number of ether oxygens (including phenoxy) is 1. The fourth-order valence-corrected chi connectivity index (χ4v) is 3.64. The Morgan fingerprint density at radius 2 is 2.20 bits per heavy atom. The van der Waals surface area contributed by atoms with E-state index in [1.807, 2.05) is 0 Å². The zero-order valence-electron chi connectivity index (χ0n) is 15.0. The Hall–Kier alpha value is -0.860. The smallest absolute Gasteiger partial charge is 0.191 e. The number of nitrogens with zero attached hydrogens (tertiary/aromatic N) is 1. The zero-order chi connectivity index (χ0) is 16.8. The molecule has 1 aliphatic carbocycles. The van der Waals surface area contributed by atoms with Crippen LogP contribution in [0, 0.1) is 5.41 Å². The van der Waals surface area contributed by atoms with Crippen molar-refractivity contribution in [2.24, 2.45) is 10.4 Å². The molecule has 1 fully saturated rings. The van der Waals surface area contributed by atoms with Gasteiger partial charge in [0, 0.05) is 37.6 Å². The van der Waals surface area contributed by atoms with Crippen molar-refractivity contribution in [2.75, 3.05) is 39.5 Å². The van der Waals surface area contributed by atoms with E-state index in [0.717, 1.165) is 44.9 Å². The number of fused-ring (bicyclic) bond motifs is 1. The second-order valence-electron chi connectivity index (χ2n) is 6.95. The molecule has 3 rings (SSSR count). The molecule has 0 amide bonds. The highest BCUT2D eigenvalue weighted by Crippen LogP contribution is 2.34. The minimum atomic E-state index is 0. The number of halogens is 1. The minimum absolute atomic E-state index is 0. The summed E-state index contributed by atoms with van der Waals surface area (Å²) >= 11 is 0. The van der Waals surface area contributed by atoms with Gasteiger partial charge in [-0.2, -0.15) is 0 Å². The summed E-state index contributed by atoms with van der Waals surface area (Å²) in [6.45, 7) is 6.21. The van der Waals surface area contributed by atoms with Crippen LogP contribution in [0.25, 0.3) is 0 Å². The summed E-state index contributed by atoms with van der Waals surface area (Å²) in [5, 5.41) is 16.1. The summed E-state index contributed by atoms with van der Waals surface area (Å²) < 4.78 is 5.55. The summed E-state index contributed by atoms with van der Waals surface area (Å²) in [4.78, 5) is 4.78. The highest BCUT2D eigenvalue weighted by molar-refractivity contribution is 14.0. The van der Waals surface area contributed by atoms with Gasteiger partial charge in [-0.05, 0) is 37.3 Å². The van der Waals surface area contributed by atoms with Crippen LogP contribution in [0.1, 0.15) is 36.8 Å². The molecular weight excluding hydrogens is 429 g/mol. The van der Waals surface area contributed by atoms with Crippen LogP contribution < -0.4 is 10.6 Å². The lowest BCUT2D eigenvalue weighted by atomic mass is 9.78. The van der Waals surface area contributed by atoms with Gasteiger partial charge in [-0.15, -0.1) is 24.0 Å². The Morgan fingerprint density at radius 1 is 1.36 bits per heavy atom. The molecule has 0 bridgehead atoms. The molecule has 140 valence electrons. The first-order valence-corrected chi connectivity index (χ1v) is 9.05. The van der Waals surface area contributed by atoms with Crippen molar-refractivity contribution in [3.05, 3.63) is 35.4 Å². The predicted molar refractivity (Wildman–Crippen MR) is 112 cm³/mol. The summed E-state index contributed by atoms with van der Waals surface area (Å²) in [7, 11) is 0. The Labute approximate surface area is 167 Å². The normalized spacial score (nSPS) is 24.9. The molecule has 25 heavy (non-hydrogen) atoms. The molecule has 2 unspecified atom stereocenters. The molecule has 0 spiro atoms. The third-order valence-corrected chi connectivity index (χ3v) is 5.22. The lowest BCUT2D eigenvalue weighted by molar-refractivity contribution is 0.131. The largest absolute Gasteiger partial charge is 0.396 e. The highest BCUT2D eigenvalue weighted by atomic mass is 127. The quantitative estimate of drug-likeness (QED) is 0.333. The van der Waals surface area contributed by atoms with Crippen molar-refractivity contribution in [2.45, 2.75) is 32.1 Å². The monoisotopic (exact) mass is 459 g/mol. The highest BCUT2D eigenvalue weighted by Gasteiger charge is 2.34. The maximum absolute atomic E-state index is 9.33. The molecule has 1 aromatic carbocycles. The van der Waals surface area contributed by atoms with Crippen molar-refractivity contribution in [1.29, 1.82) is 0 Å². The molecular formula is C19H30IN3O2. The molecule has 0 aromatic heterocycles. The topological polar surface area (TPSA) is 65.9 Å². The SMILES string of the molecule is CCNC(=NCC1(CCO)CCOC1)NCC1Cc2ccccc21.I. The van der Waals surface area contributed by atoms with Gasteiger partial charge in [0.2, 0.25) is 0 Å². The van der Waals surface area contributed by atoms with Crippen LogP contribution >= 0.6 is 24.0 Å². The molecule has 0 radical (unpaired) electrons. The zero-order valence-corrected chi connectivity index (χ0v) is 17.3. The van der Waals surface area contributed by atoms with E-state index in [1.54, 1.807) is 0 Å². The van der Waals surface area contributed by atoms with Gasteiger partial charge in [-0.3, -0.25) is 4.99 Å². The van der Waals surface area contributed by atoms with Crippen molar-refractivity contribution in [3.63, 3.8) is 0 Å². The molecule has 1 aliphatic heterocycles. The van der Waals surface area contributed by atoms with E-state index >= 15 is 0 Å². The maximum atomic E-state index is 9.33. The van der Waals surface area contributed by atoms with E-state index in [-0.39, 0.29) is 36.0 Å². The second kappa shape index (κ2) is 9.73. The number of hydrogen-bond donors (Lipinski definition) is 3. The molecule has 1 heterocycles. The molecule has 2 atom stereocenters. The van der Waals surface area contributed by atoms with Gasteiger partial charge in [0.15, 0.2) is 5.96 Å². The fourth-order valence-electron chi connectivity index (χ4n) is 3.64. The first-order valence-electron chi connectivity index (χ1n) is 9.05. The van der Waals surface area contributed by atoms with Crippen LogP contribution in [0.2, 0.25) is 0 Å². The Morgan fingerprint density at radius 3 is 2.88 bits per heavy atom. The van der Waals surface area contributed by atoms with Crippen LogP contribution in [0.15, 0.2) is 29.3 Å². The molecule has 6 heteroatoms. The second-order valence-corrected chi connectivity index (χ2v) is 6.95. The summed E-state index contributed by atoms with van der Waals surface area (Å²) in [6, 6.07) is 8.66. The number of aliphatic imine (C=N–C) groups is 1. The standard InChI is InChI=1S/C19H29N3O2.HI/c1-2-20-18(22-13-19(7-9-23)8-10-24-14-19)21-12-16-11-15-5-3-4-6-17(15)16;/h3-6,16,23H,2,7-14H2,1H3,(H2,20,21,22);1H. The number of nitrogens with one attached hydrogen (secondary N) is 2. The molecule has 1 saturated heterocycles. The first kappa shape index (κ1) is 20.5. The van der Waals surface area contributed by atoms with Crippen LogP contribution in [0.3, 0.4) is 0 Å². The lowest BCUT2D eigenvalue weighted by Crippen LogP contribution is -2.42. The minimum Gasteiger partial charge on any atom is -0.396 e. The molecule has 1 aromatic rings. The number of hydrogen-bond acceptors (Lipinski definition) is 3. The van der Waals surface area contributed by atoms with Gasteiger partial charge >= 0.3 is 0 Å². The summed E-state index contributed by atoms with van der Waals surface area (Å²) in [6.07, 6.45) is 2.88. The van der Waals surface area contributed by atoms with E-state index in [1.165, 1.54) is 11.1 Å². The van der Waals surface area contributed by atoms with E-state index < -0.39 is 0 Å². The third kappa shape index (κ3) is 5.08. The van der Waals surface area contributed by atoms with Crippen LogP contribution in [-0.4, -0.2) is 50.5 Å². The van der Waals surface area contributed by atoms with Crippen molar-refractivity contribution in [3.8, 4) is 0 Å². The van der Waals surface area contributed by atoms with Crippen molar-refractivity contribution in [1.82, 2.24) is 10.6 Å². The van der Waals surface area contributed by atoms with Crippen LogP contribution in [0.5, 0.6) is 0 Å². The van der Waals surface area contributed by atoms with Crippen molar-refractivity contribution >= 4 is 29.9 Å². The fraction of sp³-hybridized carbons (Fsp3) is 0.632. The lowest BCUT2D eigenvalue weighted by Gasteiger charge is -2.31. The number of rotatable bonds is 7. The number of aliphatic hydroxyl groups excluding tert-OH is 1. The maximum Gasteiger partial charge on any atom is 0.191 e. The number of aliphatic hydroxyl groups is 1. The van der Waals surface area contributed by atoms with Gasteiger partial charge in [0.25, 0.3) is 0 Å². The summed E-state index contributed by atoms with van der Waals surface area (Å²) in [5.74, 6) is 1.44. The average molecular weight is 459 g/mol. The third-order valence-electron chi connectivity index (χ3n) is 5.22. The van der Waals surface area contributed by atoms with Gasteiger partial charge in [-0.1, -0.05) is 24.3 Å². The van der Waals surface area contributed by atoms with Crippen LogP contribution in [-0.2, 0) is 11.2 Å². The van der Waals surface area contributed by atoms with E-state index in [9.17, 15) is 5.11 Å². The molecule has 0 saturated carbocycles. The Bertz CT molecular complexity index is 574. The van der Waals surface area contributed by atoms with E-state index in [4.69, 9.17) is 9.73 Å². The Balaban J connectivity index is 0.00000225. The van der Waals surface area contributed by atoms with Crippen LogP contribution in [0.4, 0.5) is 0 Å². The van der Waals surface area contributed by atoms with E-state index in [0.29, 0.717) is 19.1 Å². The van der Waals surface area contributed by atoms with Crippen molar-refractivity contribution < 1.29 is 9.84 Å². The van der Waals surface area contributed by atoms with Gasteiger partial charge in [-0.25, -0.2) is 0 Å². The number of guanidine groups is 1. The van der Waals surface area contributed by atoms with E-state index in [2.05, 4.69) is 41.8 Å². The first-order chi connectivity index (χ1) is 11.8. The Kier molecular flexibility index (Phi) is 7.96.